The van der Waals surface area contributed by atoms with Crippen molar-refractivity contribution in [3.63, 3.8) is 0 Å². The molecule has 0 bridgehead atoms. The van der Waals surface area contributed by atoms with Crippen LogP contribution in [-0.2, 0) is 20.1 Å². The number of aryl methyl sites for hydroxylation is 1. The first-order chi connectivity index (χ1) is 12.2. The molecule has 3 heteroatoms. The molecule has 0 aliphatic carbocycles. The van der Waals surface area contributed by atoms with Gasteiger partial charge in [0.2, 0.25) is 0 Å². The van der Waals surface area contributed by atoms with Crippen LogP contribution in [0.2, 0.25) is 0 Å². The summed E-state index contributed by atoms with van der Waals surface area (Å²) >= 11 is 0. The first kappa shape index (κ1) is 14.3. The van der Waals surface area contributed by atoms with Crippen molar-refractivity contribution in [2.24, 2.45) is 7.05 Å². The summed E-state index contributed by atoms with van der Waals surface area (Å²) in [6.07, 6.45) is 0. The summed E-state index contributed by atoms with van der Waals surface area (Å²) < 4.78 is 2.18. The van der Waals surface area contributed by atoms with E-state index in [9.17, 15) is 4.79 Å². The van der Waals surface area contributed by atoms with Crippen molar-refractivity contribution in [2.75, 3.05) is 0 Å². The van der Waals surface area contributed by atoms with Crippen molar-refractivity contribution in [2.45, 2.75) is 13.1 Å². The number of para-hydroxylation sites is 1. The third kappa shape index (κ3) is 2.02. The molecule has 1 amide bonds. The first-order valence-electron chi connectivity index (χ1n) is 8.56. The van der Waals surface area contributed by atoms with Crippen LogP contribution in [0.3, 0.4) is 0 Å². The molecule has 122 valence electrons. The second kappa shape index (κ2) is 5.21. The van der Waals surface area contributed by atoms with E-state index >= 15 is 0 Å². The summed E-state index contributed by atoms with van der Waals surface area (Å²) in [5, 5.41) is 2.25. The second-order valence-corrected chi connectivity index (χ2v) is 6.72. The van der Waals surface area contributed by atoms with Crippen molar-refractivity contribution in [1.29, 1.82) is 0 Å². The Morgan fingerprint density at radius 3 is 2.48 bits per heavy atom. The molecule has 4 aromatic rings. The van der Waals surface area contributed by atoms with Crippen LogP contribution in [0.4, 0.5) is 0 Å². The predicted octanol–water partition coefficient (Wildman–Crippen LogP) is 4.49. The summed E-state index contributed by atoms with van der Waals surface area (Å²) in [5.74, 6) is 0.140. The molecule has 3 nitrogen and oxygen atoms in total. The van der Waals surface area contributed by atoms with Gasteiger partial charge in [0.25, 0.3) is 5.91 Å². The number of amides is 1. The van der Waals surface area contributed by atoms with Crippen LogP contribution in [0, 0.1) is 0 Å². The summed E-state index contributed by atoms with van der Waals surface area (Å²) in [6, 6.07) is 22.8. The van der Waals surface area contributed by atoms with Gasteiger partial charge in [-0.25, -0.2) is 0 Å². The Labute approximate surface area is 146 Å². The van der Waals surface area contributed by atoms with Crippen LogP contribution in [-0.4, -0.2) is 15.4 Å². The van der Waals surface area contributed by atoms with Crippen LogP contribution in [0.15, 0.2) is 66.7 Å². The summed E-state index contributed by atoms with van der Waals surface area (Å²) in [5.41, 5.74) is 5.46. The smallest absolute Gasteiger partial charge is 0.255 e. The van der Waals surface area contributed by atoms with Gasteiger partial charge in [0.1, 0.15) is 0 Å². The minimum Gasteiger partial charge on any atom is -0.344 e. The lowest BCUT2D eigenvalue weighted by Gasteiger charge is -2.15. The molecule has 0 radical (unpaired) electrons. The van der Waals surface area contributed by atoms with Crippen molar-refractivity contribution in [3.05, 3.63) is 83.4 Å². The minimum absolute atomic E-state index is 0.140. The monoisotopic (exact) mass is 326 g/mol. The lowest BCUT2D eigenvalue weighted by molar-refractivity contribution is 0.0768. The van der Waals surface area contributed by atoms with Crippen molar-refractivity contribution in [3.8, 4) is 0 Å². The third-order valence-corrected chi connectivity index (χ3v) is 5.24. The van der Waals surface area contributed by atoms with Gasteiger partial charge >= 0.3 is 0 Å². The van der Waals surface area contributed by atoms with Gasteiger partial charge in [-0.3, -0.25) is 4.79 Å². The molecule has 1 aliphatic rings. The maximum Gasteiger partial charge on any atom is 0.255 e. The normalized spacial score (nSPS) is 13.8. The fourth-order valence-electron chi connectivity index (χ4n) is 4.04. The average Bonchev–Trinajstić information content (AvgIpc) is 3.12. The maximum atomic E-state index is 13.2. The Morgan fingerprint density at radius 1 is 0.880 bits per heavy atom. The molecule has 0 fully saturated rings. The minimum atomic E-state index is 0.140. The summed E-state index contributed by atoms with van der Waals surface area (Å²) in [4.78, 5) is 15.1. The standard InChI is InChI=1S/C22H18N2O/c1-23-18-10-6-5-9-17(18)21-19(23)12-11-16-14-24(22(25)20(16)21)13-15-7-3-2-4-8-15/h2-12H,13-14H2,1H3. The predicted molar refractivity (Wildman–Crippen MR) is 100 cm³/mol. The van der Waals surface area contributed by atoms with Crippen LogP contribution in [0.25, 0.3) is 21.8 Å². The van der Waals surface area contributed by atoms with Crippen molar-refractivity contribution >= 4 is 27.7 Å². The highest BCUT2D eigenvalue weighted by atomic mass is 16.2. The number of nitrogens with zero attached hydrogens (tertiary/aromatic N) is 2. The van der Waals surface area contributed by atoms with E-state index in [1.807, 2.05) is 35.2 Å². The molecule has 0 unspecified atom stereocenters. The van der Waals surface area contributed by atoms with Gasteiger partial charge in [-0.15, -0.1) is 0 Å². The Kier molecular flexibility index (Phi) is 2.98. The van der Waals surface area contributed by atoms with Crippen LogP contribution < -0.4 is 0 Å². The summed E-state index contributed by atoms with van der Waals surface area (Å²) in [6.45, 7) is 1.34. The fraction of sp³-hybridized carbons (Fsp3) is 0.136. The van der Waals surface area contributed by atoms with Gasteiger partial charge in [-0.1, -0.05) is 54.6 Å². The highest BCUT2D eigenvalue weighted by Crippen LogP contribution is 2.36. The van der Waals surface area contributed by atoms with E-state index in [4.69, 9.17) is 0 Å². The van der Waals surface area contributed by atoms with Gasteiger partial charge in [0.15, 0.2) is 0 Å². The molecule has 0 spiro atoms. The van der Waals surface area contributed by atoms with E-state index in [0.29, 0.717) is 13.1 Å². The molecule has 0 saturated carbocycles. The molecule has 0 saturated heterocycles. The second-order valence-electron chi connectivity index (χ2n) is 6.72. The highest BCUT2D eigenvalue weighted by Gasteiger charge is 2.30. The van der Waals surface area contributed by atoms with E-state index < -0.39 is 0 Å². The molecule has 25 heavy (non-hydrogen) atoms. The third-order valence-electron chi connectivity index (χ3n) is 5.24. The number of aromatic nitrogens is 1. The van der Waals surface area contributed by atoms with Gasteiger partial charge in [-0.2, -0.15) is 0 Å². The topological polar surface area (TPSA) is 25.2 Å². The van der Waals surface area contributed by atoms with Gasteiger partial charge in [0, 0.05) is 41.9 Å². The average molecular weight is 326 g/mol. The Morgan fingerprint density at radius 2 is 1.64 bits per heavy atom. The van der Waals surface area contributed by atoms with E-state index in [1.165, 1.54) is 5.52 Å². The van der Waals surface area contributed by atoms with Crippen molar-refractivity contribution < 1.29 is 4.79 Å². The molecule has 5 rings (SSSR count). The number of carbonyl (C=O) groups excluding carboxylic acids is 1. The van der Waals surface area contributed by atoms with Crippen LogP contribution in [0.5, 0.6) is 0 Å². The quantitative estimate of drug-likeness (QED) is 0.533. The van der Waals surface area contributed by atoms with E-state index in [1.54, 1.807) is 0 Å². The van der Waals surface area contributed by atoms with Gasteiger partial charge in [0.05, 0.1) is 5.56 Å². The molecule has 1 aromatic heterocycles. The molecule has 0 N–H and O–H groups in total. The molecule has 3 aromatic carbocycles. The van der Waals surface area contributed by atoms with E-state index in [2.05, 4.69) is 48.0 Å². The molecular weight excluding hydrogens is 308 g/mol. The molecule has 1 aliphatic heterocycles. The lowest BCUT2D eigenvalue weighted by Crippen LogP contribution is -2.23. The van der Waals surface area contributed by atoms with Gasteiger partial charge in [-0.05, 0) is 23.3 Å². The van der Waals surface area contributed by atoms with Crippen LogP contribution in [0.1, 0.15) is 21.5 Å². The maximum absolute atomic E-state index is 13.2. The van der Waals surface area contributed by atoms with Crippen molar-refractivity contribution in [1.82, 2.24) is 9.47 Å². The SMILES string of the molecule is Cn1c2ccccc2c2c3c(ccc21)CN(Cc1ccccc1)C3=O. The number of hydrogen-bond donors (Lipinski definition) is 0. The van der Waals surface area contributed by atoms with Gasteiger partial charge < -0.3 is 9.47 Å². The number of rotatable bonds is 2. The zero-order valence-electron chi connectivity index (χ0n) is 14.1. The Hall–Kier alpha value is -3.07. The van der Waals surface area contributed by atoms with E-state index in [0.717, 1.165) is 33.0 Å². The number of fused-ring (bicyclic) bond motifs is 5. The number of hydrogen-bond acceptors (Lipinski definition) is 1. The zero-order valence-corrected chi connectivity index (χ0v) is 14.1. The Bertz CT molecular complexity index is 1130. The fourth-order valence-corrected chi connectivity index (χ4v) is 4.04. The Balaban J connectivity index is 1.68. The van der Waals surface area contributed by atoms with E-state index in [-0.39, 0.29) is 5.91 Å². The largest absolute Gasteiger partial charge is 0.344 e. The number of carbonyl (C=O) groups is 1. The number of benzene rings is 3. The molecule has 2 heterocycles. The van der Waals surface area contributed by atoms with Crippen LogP contribution >= 0.6 is 0 Å². The first-order valence-corrected chi connectivity index (χ1v) is 8.56. The highest BCUT2D eigenvalue weighted by molar-refractivity contribution is 6.19. The zero-order chi connectivity index (χ0) is 17.0. The lowest BCUT2D eigenvalue weighted by atomic mass is 10.0. The summed E-state index contributed by atoms with van der Waals surface area (Å²) in [7, 11) is 2.07. The molecular formula is C22H18N2O. The molecule has 0 atom stereocenters.